The molecule has 0 aliphatic heterocycles. The van der Waals surface area contributed by atoms with Crippen LogP contribution in [0.2, 0.25) is 0 Å². The molecule has 2 rings (SSSR count). The summed E-state index contributed by atoms with van der Waals surface area (Å²) < 4.78 is 0. The highest BCUT2D eigenvalue weighted by molar-refractivity contribution is 6.21. The summed E-state index contributed by atoms with van der Waals surface area (Å²) in [6, 6.07) is 7.74. The molecular formula is C14H18ClNO. The molecule has 3 heteroatoms. The van der Waals surface area contributed by atoms with E-state index in [0.29, 0.717) is 5.56 Å². The fraction of sp³-hybridized carbons (Fsp3) is 0.500. The van der Waals surface area contributed by atoms with Gasteiger partial charge in [-0.25, -0.2) is 0 Å². The molecule has 92 valence electrons. The molecule has 0 radical (unpaired) electrons. The molecule has 1 amide bonds. The summed E-state index contributed by atoms with van der Waals surface area (Å²) in [4.78, 5) is 12.0. The van der Waals surface area contributed by atoms with Crippen molar-refractivity contribution in [3.8, 4) is 0 Å². The first-order valence-electron chi connectivity index (χ1n) is 6.18. The Hall–Kier alpha value is -1.02. The molecule has 0 bridgehead atoms. The first-order chi connectivity index (χ1) is 8.16. The predicted octanol–water partition coefficient (Wildman–Crippen LogP) is 3.27. The van der Waals surface area contributed by atoms with Crippen LogP contribution in [-0.4, -0.2) is 17.3 Å². The predicted molar refractivity (Wildman–Crippen MR) is 70.5 cm³/mol. The van der Waals surface area contributed by atoms with Crippen LogP contribution in [0.1, 0.15) is 41.6 Å². The Labute approximate surface area is 107 Å². The average Bonchev–Trinajstić information content (AvgIpc) is 2.33. The van der Waals surface area contributed by atoms with Gasteiger partial charge in [0.05, 0.1) is 5.38 Å². The number of nitrogens with one attached hydrogen (secondary N) is 1. The van der Waals surface area contributed by atoms with Gasteiger partial charge in [-0.1, -0.05) is 30.5 Å². The second kappa shape index (κ2) is 5.54. The largest absolute Gasteiger partial charge is 0.348 e. The third kappa shape index (κ3) is 3.22. The standard InChI is InChI=1S/C14H18ClNO/c1-10-6-8-11(9-7-10)14(17)16-13-5-3-2-4-12(13)15/h6-9,12-13H,2-5H2,1H3,(H,16,17). The second-order valence-corrected chi connectivity index (χ2v) is 5.31. The van der Waals surface area contributed by atoms with Gasteiger partial charge in [-0.15, -0.1) is 11.6 Å². The smallest absolute Gasteiger partial charge is 0.251 e. The van der Waals surface area contributed by atoms with Crippen molar-refractivity contribution in [3.05, 3.63) is 35.4 Å². The van der Waals surface area contributed by atoms with Crippen LogP contribution < -0.4 is 5.32 Å². The molecule has 2 atom stereocenters. The maximum Gasteiger partial charge on any atom is 0.251 e. The summed E-state index contributed by atoms with van der Waals surface area (Å²) in [5.74, 6) is -0.0115. The molecular weight excluding hydrogens is 234 g/mol. The first kappa shape index (κ1) is 12.4. The number of alkyl halides is 1. The number of amides is 1. The van der Waals surface area contributed by atoms with Gasteiger partial charge in [-0.3, -0.25) is 4.79 Å². The highest BCUT2D eigenvalue weighted by atomic mass is 35.5. The second-order valence-electron chi connectivity index (χ2n) is 4.75. The van der Waals surface area contributed by atoms with Crippen LogP contribution in [0.4, 0.5) is 0 Å². The zero-order valence-electron chi connectivity index (χ0n) is 10.1. The number of aryl methyl sites for hydroxylation is 1. The van der Waals surface area contributed by atoms with E-state index in [4.69, 9.17) is 11.6 Å². The zero-order chi connectivity index (χ0) is 12.3. The van der Waals surface area contributed by atoms with Crippen molar-refractivity contribution in [1.82, 2.24) is 5.32 Å². The Bertz CT molecular complexity index is 388. The number of rotatable bonds is 2. The maximum atomic E-state index is 12.0. The molecule has 17 heavy (non-hydrogen) atoms. The molecule has 2 nitrogen and oxygen atoms in total. The van der Waals surface area contributed by atoms with E-state index in [9.17, 15) is 4.79 Å². The fourth-order valence-electron chi connectivity index (χ4n) is 2.20. The zero-order valence-corrected chi connectivity index (χ0v) is 10.8. The lowest BCUT2D eigenvalue weighted by atomic mass is 9.94. The third-order valence-electron chi connectivity index (χ3n) is 3.31. The molecule has 1 aliphatic carbocycles. The Morgan fingerprint density at radius 3 is 2.53 bits per heavy atom. The molecule has 1 fully saturated rings. The van der Waals surface area contributed by atoms with Crippen molar-refractivity contribution < 1.29 is 4.79 Å². The molecule has 1 N–H and O–H groups in total. The van der Waals surface area contributed by atoms with Crippen LogP contribution in [0.25, 0.3) is 0 Å². The summed E-state index contributed by atoms with van der Waals surface area (Å²) in [6.07, 6.45) is 4.32. The molecule has 0 aromatic heterocycles. The number of hydrogen-bond acceptors (Lipinski definition) is 1. The minimum atomic E-state index is -0.0115. The van der Waals surface area contributed by atoms with Crippen molar-refractivity contribution in [3.63, 3.8) is 0 Å². The molecule has 0 saturated heterocycles. The highest BCUT2D eigenvalue weighted by Gasteiger charge is 2.24. The van der Waals surface area contributed by atoms with Gasteiger partial charge in [-0.05, 0) is 31.9 Å². The topological polar surface area (TPSA) is 29.1 Å². The summed E-state index contributed by atoms with van der Waals surface area (Å²) in [6.45, 7) is 2.01. The van der Waals surface area contributed by atoms with Crippen LogP contribution >= 0.6 is 11.6 Å². The van der Waals surface area contributed by atoms with E-state index < -0.39 is 0 Å². The SMILES string of the molecule is Cc1ccc(C(=O)NC2CCCCC2Cl)cc1. The molecule has 1 aromatic rings. The Morgan fingerprint density at radius 2 is 1.88 bits per heavy atom. The van der Waals surface area contributed by atoms with Gasteiger partial charge in [0.25, 0.3) is 5.91 Å². The Kier molecular flexibility index (Phi) is 4.06. The summed E-state index contributed by atoms with van der Waals surface area (Å²) >= 11 is 6.22. The number of carbonyl (C=O) groups is 1. The molecule has 1 aromatic carbocycles. The van der Waals surface area contributed by atoms with E-state index in [1.54, 1.807) is 0 Å². The van der Waals surface area contributed by atoms with Crippen LogP contribution in [0.3, 0.4) is 0 Å². The van der Waals surface area contributed by atoms with Crippen LogP contribution in [-0.2, 0) is 0 Å². The van der Waals surface area contributed by atoms with Gasteiger partial charge in [0, 0.05) is 11.6 Å². The summed E-state index contributed by atoms with van der Waals surface area (Å²) in [5.41, 5.74) is 1.87. The number of halogens is 1. The van der Waals surface area contributed by atoms with Crippen molar-refractivity contribution in [2.24, 2.45) is 0 Å². The van der Waals surface area contributed by atoms with Crippen molar-refractivity contribution >= 4 is 17.5 Å². The normalized spacial score (nSPS) is 24.4. The fourth-order valence-corrected chi connectivity index (χ4v) is 2.55. The maximum absolute atomic E-state index is 12.0. The van der Waals surface area contributed by atoms with Gasteiger partial charge in [0.2, 0.25) is 0 Å². The van der Waals surface area contributed by atoms with Gasteiger partial charge in [-0.2, -0.15) is 0 Å². The van der Waals surface area contributed by atoms with Crippen LogP contribution in [0.5, 0.6) is 0 Å². The molecule has 1 saturated carbocycles. The van der Waals surface area contributed by atoms with Crippen molar-refractivity contribution in [2.45, 2.75) is 44.0 Å². The average molecular weight is 252 g/mol. The van der Waals surface area contributed by atoms with Gasteiger partial charge < -0.3 is 5.32 Å². The number of benzene rings is 1. The molecule has 1 aliphatic rings. The Morgan fingerprint density at radius 1 is 1.24 bits per heavy atom. The van der Waals surface area contributed by atoms with E-state index in [0.717, 1.165) is 24.8 Å². The molecule has 2 unspecified atom stereocenters. The van der Waals surface area contributed by atoms with Gasteiger partial charge in [0.1, 0.15) is 0 Å². The highest BCUT2D eigenvalue weighted by Crippen LogP contribution is 2.23. The lowest BCUT2D eigenvalue weighted by molar-refractivity contribution is 0.0928. The van der Waals surface area contributed by atoms with Crippen LogP contribution in [0.15, 0.2) is 24.3 Å². The molecule has 0 spiro atoms. The van der Waals surface area contributed by atoms with E-state index >= 15 is 0 Å². The van der Waals surface area contributed by atoms with Crippen molar-refractivity contribution in [1.29, 1.82) is 0 Å². The monoisotopic (exact) mass is 251 g/mol. The third-order valence-corrected chi connectivity index (χ3v) is 3.83. The summed E-state index contributed by atoms with van der Waals surface area (Å²) in [7, 11) is 0. The minimum Gasteiger partial charge on any atom is -0.348 e. The molecule has 0 heterocycles. The van der Waals surface area contributed by atoms with Gasteiger partial charge >= 0.3 is 0 Å². The lowest BCUT2D eigenvalue weighted by Gasteiger charge is -2.27. The van der Waals surface area contributed by atoms with E-state index in [2.05, 4.69) is 5.32 Å². The van der Waals surface area contributed by atoms with Gasteiger partial charge in [0.15, 0.2) is 0 Å². The van der Waals surface area contributed by atoms with Crippen LogP contribution in [0, 0.1) is 6.92 Å². The Balaban J connectivity index is 1.98. The minimum absolute atomic E-state index is 0.0115. The lowest BCUT2D eigenvalue weighted by Crippen LogP contribution is -2.42. The number of hydrogen-bond donors (Lipinski definition) is 1. The van der Waals surface area contributed by atoms with E-state index in [1.165, 1.54) is 6.42 Å². The number of carbonyl (C=O) groups excluding carboxylic acids is 1. The van der Waals surface area contributed by atoms with E-state index in [-0.39, 0.29) is 17.3 Å². The van der Waals surface area contributed by atoms with E-state index in [1.807, 2.05) is 31.2 Å². The first-order valence-corrected chi connectivity index (χ1v) is 6.62. The summed E-state index contributed by atoms with van der Waals surface area (Å²) in [5, 5.41) is 3.12. The van der Waals surface area contributed by atoms with Crippen molar-refractivity contribution in [2.75, 3.05) is 0 Å². The quantitative estimate of drug-likeness (QED) is 0.803.